The molecule has 0 aliphatic rings. The Kier molecular flexibility index (Phi) is 10.1. The summed E-state index contributed by atoms with van der Waals surface area (Å²) in [5.74, 6) is 0.854. The molecule has 7 aromatic carbocycles. The SMILES string of the molecule is [B]c1c([B])c([B])c(-c2c([B])c([B])c3c(oc4c(-c5nc(-c6ccc(-c7ccccc7)cc6)nc(-c6ccc(-c7ccccc7)cc6)n5)c([B])c([B])c([B])c43)c2[B])c([B])c1[B]. The highest BCUT2D eigenvalue weighted by Crippen LogP contribution is 2.34. The molecule has 0 aliphatic heterocycles. The van der Waals surface area contributed by atoms with E-state index in [2.05, 4.69) is 0 Å². The van der Waals surface area contributed by atoms with Crippen LogP contribution in [-0.4, -0.2) is 101 Å². The van der Waals surface area contributed by atoms with E-state index in [0.717, 1.165) is 22.3 Å². The van der Waals surface area contributed by atoms with Crippen LogP contribution < -0.4 is 60.1 Å². The topological polar surface area (TPSA) is 51.8 Å². The highest BCUT2D eigenvalue weighted by atomic mass is 16.3. The van der Waals surface area contributed by atoms with Crippen LogP contribution >= 0.6 is 0 Å². The Morgan fingerprint density at radius 1 is 0.267 bits per heavy atom. The summed E-state index contributed by atoms with van der Waals surface area (Å²) in [6, 6.07) is 35.9. The Balaban J connectivity index is 1.30. The molecule has 22 radical (unpaired) electrons. The van der Waals surface area contributed by atoms with Crippen LogP contribution in [0.1, 0.15) is 0 Å². The molecule has 9 aromatic rings. The van der Waals surface area contributed by atoms with E-state index in [1.165, 1.54) is 0 Å². The van der Waals surface area contributed by atoms with E-state index in [-0.39, 0.29) is 105 Å². The van der Waals surface area contributed by atoms with Gasteiger partial charge in [-0.05, 0) is 38.8 Å². The number of aromatic nitrogens is 3. The first kappa shape index (κ1) is 39.5. The van der Waals surface area contributed by atoms with Gasteiger partial charge >= 0.3 is 0 Å². The Morgan fingerprint density at radius 2 is 0.583 bits per heavy atom. The van der Waals surface area contributed by atoms with Crippen LogP contribution in [0.25, 0.3) is 89.5 Å². The second-order valence-corrected chi connectivity index (χ2v) is 14.4. The zero-order valence-electron chi connectivity index (χ0n) is 32.0. The summed E-state index contributed by atoms with van der Waals surface area (Å²) < 4.78 is 6.62. The molecule has 0 amide bonds. The standard InChI is InChI=1S/C45H18B11N3O/c46-30-26(25-31(47)38(54)40(56)39(55)32(25)48)36(52)42-28(33(30)49)27-34(50)37(53)35(51)29(41(27)60-42)45-58-43(23-15-11-21(12-16-23)19-7-3-1-4-8-19)57-44(59-45)24-17-13-22(14-18-24)20-9-5-2-6-10-20/h1-18H. The van der Waals surface area contributed by atoms with Gasteiger partial charge in [0.05, 0.1) is 5.56 Å². The van der Waals surface area contributed by atoms with Crippen molar-refractivity contribution >= 4 is 168 Å². The molecule has 15 heteroatoms. The maximum absolute atomic E-state index is 6.89. The molecule has 0 aliphatic carbocycles. The lowest BCUT2D eigenvalue weighted by Crippen LogP contribution is -2.56. The maximum atomic E-state index is 6.89. The molecule has 0 unspecified atom stereocenters. The van der Waals surface area contributed by atoms with Crippen molar-refractivity contribution in [3.8, 4) is 67.5 Å². The van der Waals surface area contributed by atoms with Gasteiger partial charge in [-0.3, -0.25) is 0 Å². The van der Waals surface area contributed by atoms with Crippen molar-refractivity contribution in [3.05, 3.63) is 109 Å². The first-order chi connectivity index (χ1) is 28.8. The third kappa shape index (κ3) is 6.36. The molecule has 0 atom stereocenters. The second kappa shape index (κ2) is 15.3. The Bertz CT molecular complexity index is 3060. The van der Waals surface area contributed by atoms with E-state index in [1.807, 2.05) is 109 Å². The molecule has 0 spiro atoms. The van der Waals surface area contributed by atoms with Crippen molar-refractivity contribution in [1.29, 1.82) is 0 Å². The quantitative estimate of drug-likeness (QED) is 0.196. The summed E-state index contributed by atoms with van der Waals surface area (Å²) in [7, 11) is 72.1. The molecule has 9 rings (SSSR count). The van der Waals surface area contributed by atoms with E-state index in [1.54, 1.807) is 0 Å². The second-order valence-electron chi connectivity index (χ2n) is 14.4. The minimum atomic E-state index is -0.00305. The summed E-state index contributed by atoms with van der Waals surface area (Å²) in [6.07, 6.45) is 0. The fourth-order valence-electron chi connectivity index (χ4n) is 7.62. The predicted molar refractivity (Wildman–Crippen MR) is 259 cm³/mol. The molecular weight excluding hydrogens is 717 g/mol. The maximum Gasteiger partial charge on any atom is 0.167 e. The van der Waals surface area contributed by atoms with Gasteiger partial charge in [-0.15, -0.1) is 21.9 Å². The van der Waals surface area contributed by atoms with Gasteiger partial charge in [0.15, 0.2) is 17.5 Å². The van der Waals surface area contributed by atoms with Crippen LogP contribution in [0.15, 0.2) is 114 Å². The van der Waals surface area contributed by atoms with Gasteiger partial charge in [-0.2, -0.15) is 0 Å². The zero-order valence-corrected chi connectivity index (χ0v) is 32.0. The highest BCUT2D eigenvalue weighted by molar-refractivity contribution is 6.71. The van der Waals surface area contributed by atoms with Crippen LogP contribution in [-0.2, 0) is 0 Å². The molecule has 2 heterocycles. The molecule has 0 saturated carbocycles. The number of benzene rings is 7. The lowest BCUT2D eigenvalue weighted by molar-refractivity contribution is 0.673. The van der Waals surface area contributed by atoms with Gasteiger partial charge in [0.25, 0.3) is 0 Å². The molecular formula is C45H18B11N3O. The fraction of sp³-hybridized carbons (Fsp3) is 0. The normalized spacial score (nSPS) is 11.4. The zero-order chi connectivity index (χ0) is 42.1. The van der Waals surface area contributed by atoms with Crippen molar-refractivity contribution in [1.82, 2.24) is 15.0 Å². The van der Waals surface area contributed by atoms with E-state index in [0.29, 0.717) is 22.8 Å². The average Bonchev–Trinajstić information content (AvgIpc) is 3.69. The van der Waals surface area contributed by atoms with E-state index < -0.39 is 0 Å². The Labute approximate surface area is 362 Å². The van der Waals surface area contributed by atoms with Crippen molar-refractivity contribution in [2.75, 3.05) is 0 Å². The summed E-state index contributed by atoms with van der Waals surface area (Å²) >= 11 is 0. The third-order valence-corrected chi connectivity index (χ3v) is 10.9. The lowest BCUT2D eigenvalue weighted by atomic mass is 9.57. The third-order valence-electron chi connectivity index (χ3n) is 10.9. The molecule has 4 nitrogen and oxygen atoms in total. The molecule has 60 heavy (non-hydrogen) atoms. The van der Waals surface area contributed by atoms with Crippen molar-refractivity contribution in [2.24, 2.45) is 0 Å². The van der Waals surface area contributed by atoms with Gasteiger partial charge in [0, 0.05) is 21.9 Å². The van der Waals surface area contributed by atoms with Gasteiger partial charge in [-0.1, -0.05) is 142 Å². The van der Waals surface area contributed by atoms with Gasteiger partial charge in [0.1, 0.15) is 97.5 Å². The van der Waals surface area contributed by atoms with Crippen LogP contribution in [0.3, 0.4) is 0 Å². The van der Waals surface area contributed by atoms with Crippen LogP contribution in [0.5, 0.6) is 0 Å². The fourth-order valence-corrected chi connectivity index (χ4v) is 7.62. The van der Waals surface area contributed by atoms with Crippen molar-refractivity contribution in [2.45, 2.75) is 0 Å². The molecule has 2 aromatic heterocycles. The average molecular weight is 736 g/mol. The Hall–Kier alpha value is -5.94. The summed E-state index contributed by atoms with van der Waals surface area (Å²) in [5.41, 5.74) is 6.54. The number of fused-ring (bicyclic) bond motifs is 3. The minimum Gasteiger partial charge on any atom is -0.456 e. The molecule has 0 fully saturated rings. The minimum absolute atomic E-state index is 0.000000336. The van der Waals surface area contributed by atoms with Gasteiger partial charge in [0.2, 0.25) is 0 Å². The predicted octanol–water partition coefficient (Wildman–Crippen LogP) is -1.50. The first-order valence-corrected chi connectivity index (χ1v) is 18.6. The van der Waals surface area contributed by atoms with Crippen LogP contribution in [0.4, 0.5) is 0 Å². The summed E-state index contributed by atoms with van der Waals surface area (Å²) in [5, 5.41) is 0.555. The smallest absolute Gasteiger partial charge is 0.167 e. The molecule has 0 N–H and O–H groups in total. The van der Waals surface area contributed by atoms with Crippen LogP contribution in [0.2, 0.25) is 0 Å². The first-order valence-electron chi connectivity index (χ1n) is 18.6. The molecule has 252 valence electrons. The summed E-state index contributed by atoms with van der Waals surface area (Å²) in [6.45, 7) is 0. The van der Waals surface area contributed by atoms with E-state index in [4.69, 9.17) is 106 Å². The summed E-state index contributed by atoms with van der Waals surface area (Å²) in [4.78, 5) is 14.9. The molecule has 0 saturated heterocycles. The number of nitrogens with zero attached hydrogens (tertiary/aromatic N) is 3. The van der Waals surface area contributed by atoms with Gasteiger partial charge < -0.3 is 4.42 Å². The van der Waals surface area contributed by atoms with Crippen LogP contribution in [0, 0.1) is 0 Å². The Morgan fingerprint density at radius 3 is 1.07 bits per heavy atom. The largest absolute Gasteiger partial charge is 0.456 e. The van der Waals surface area contributed by atoms with Crippen molar-refractivity contribution in [3.63, 3.8) is 0 Å². The van der Waals surface area contributed by atoms with E-state index in [9.17, 15) is 0 Å². The van der Waals surface area contributed by atoms with Gasteiger partial charge in [-0.25, -0.2) is 15.0 Å². The highest BCUT2D eigenvalue weighted by Gasteiger charge is 2.27. The molecule has 0 bridgehead atoms. The van der Waals surface area contributed by atoms with E-state index >= 15 is 0 Å². The number of furan rings is 1. The lowest BCUT2D eigenvalue weighted by Gasteiger charge is -2.25. The monoisotopic (exact) mass is 737 g/mol. The number of rotatable bonds is 6. The van der Waals surface area contributed by atoms with Crippen molar-refractivity contribution < 1.29 is 4.42 Å². The number of hydrogen-bond donors (Lipinski definition) is 0. The number of hydrogen-bond acceptors (Lipinski definition) is 4.